The Labute approximate surface area is 199 Å². The van der Waals surface area contributed by atoms with Crippen LogP contribution in [-0.4, -0.2) is 45.8 Å². The van der Waals surface area contributed by atoms with E-state index in [1.165, 1.54) is 47.8 Å². The molecule has 2 N–H and O–H groups in total. The first kappa shape index (κ1) is 26.1. The molecule has 0 radical (unpaired) electrons. The number of thioether (sulfide) groups is 2. The van der Waals surface area contributed by atoms with Crippen molar-refractivity contribution in [3.05, 3.63) is 79.9 Å². The lowest BCUT2D eigenvalue weighted by Gasteiger charge is -2.14. The van der Waals surface area contributed by atoms with Gasteiger partial charge in [0.15, 0.2) is 0 Å². The monoisotopic (exact) mass is 492 g/mol. The Balaban J connectivity index is 1.61. The fraction of sp³-hybridized carbons (Fsp3) is 0.333. The van der Waals surface area contributed by atoms with Gasteiger partial charge < -0.3 is 10.6 Å². The highest BCUT2D eigenvalue weighted by Gasteiger charge is 2.11. The summed E-state index contributed by atoms with van der Waals surface area (Å²) in [7, 11) is 0. The molecule has 2 rings (SSSR count). The molecule has 0 unspecified atom stereocenters. The summed E-state index contributed by atoms with van der Waals surface area (Å²) in [5.74, 6) is 0.965. The highest BCUT2D eigenvalue weighted by atomic mass is 32.2. The van der Waals surface area contributed by atoms with E-state index in [9.17, 15) is 29.8 Å². The average molecular weight is 493 g/mol. The summed E-state index contributed by atoms with van der Waals surface area (Å²) < 4.78 is 0. The molecule has 2 aromatic rings. The van der Waals surface area contributed by atoms with Crippen LogP contribution in [0.4, 0.5) is 11.4 Å². The van der Waals surface area contributed by atoms with E-state index in [2.05, 4.69) is 10.6 Å². The minimum atomic E-state index is -0.456. The molecular formula is C21H24N4O6S2. The number of non-ortho nitro benzene ring substituents is 2. The van der Waals surface area contributed by atoms with E-state index in [0.717, 1.165) is 11.1 Å². The minimum Gasteiger partial charge on any atom is -0.353 e. The van der Waals surface area contributed by atoms with Crippen LogP contribution in [0.1, 0.15) is 18.1 Å². The lowest BCUT2D eigenvalue weighted by atomic mass is 10.2. The van der Waals surface area contributed by atoms with Gasteiger partial charge in [-0.1, -0.05) is 24.3 Å². The maximum absolute atomic E-state index is 12.1. The predicted octanol–water partition coefficient (Wildman–Crippen LogP) is 3.29. The number of nitro groups is 2. The van der Waals surface area contributed by atoms with Crippen LogP contribution in [0, 0.1) is 20.2 Å². The Morgan fingerprint density at radius 3 is 1.85 bits per heavy atom. The lowest BCUT2D eigenvalue weighted by molar-refractivity contribution is -0.385. The molecule has 0 heterocycles. The summed E-state index contributed by atoms with van der Waals surface area (Å²) in [4.78, 5) is 44.8. The van der Waals surface area contributed by atoms with Gasteiger partial charge in [0.25, 0.3) is 11.4 Å². The summed E-state index contributed by atoms with van der Waals surface area (Å²) in [6, 6.07) is 12.3. The molecular weight excluding hydrogens is 468 g/mol. The summed E-state index contributed by atoms with van der Waals surface area (Å²) in [6.07, 6.45) is 0. The first-order valence-corrected chi connectivity index (χ1v) is 12.2. The normalized spacial score (nSPS) is 11.4. The first-order chi connectivity index (χ1) is 15.7. The maximum atomic E-state index is 12.1. The lowest BCUT2D eigenvalue weighted by Crippen LogP contribution is -2.42. The molecule has 12 heteroatoms. The van der Waals surface area contributed by atoms with E-state index in [-0.39, 0.29) is 47.3 Å². The summed E-state index contributed by atoms with van der Waals surface area (Å²) >= 11 is 2.69. The molecule has 0 fully saturated rings. The second-order valence-electron chi connectivity index (χ2n) is 7.11. The van der Waals surface area contributed by atoms with Gasteiger partial charge in [-0.25, -0.2) is 0 Å². The molecule has 10 nitrogen and oxygen atoms in total. The van der Waals surface area contributed by atoms with Crippen molar-refractivity contribution in [2.45, 2.75) is 24.5 Å². The van der Waals surface area contributed by atoms with Crippen LogP contribution < -0.4 is 10.6 Å². The Morgan fingerprint density at radius 2 is 1.36 bits per heavy atom. The third-order valence-electron chi connectivity index (χ3n) is 4.26. The summed E-state index contributed by atoms with van der Waals surface area (Å²) in [6.45, 7) is 2.05. The third kappa shape index (κ3) is 9.91. The number of carbonyl (C=O) groups excluding carboxylic acids is 2. The van der Waals surface area contributed by atoms with Gasteiger partial charge in [0.1, 0.15) is 0 Å². The molecule has 0 saturated carbocycles. The van der Waals surface area contributed by atoms with Crippen LogP contribution in [0.3, 0.4) is 0 Å². The van der Waals surface area contributed by atoms with Crippen molar-refractivity contribution < 1.29 is 19.4 Å². The Bertz CT molecular complexity index is 1000. The van der Waals surface area contributed by atoms with Crippen LogP contribution >= 0.6 is 23.5 Å². The molecule has 1 atom stereocenters. The number of nitrogens with zero attached hydrogens (tertiary/aromatic N) is 2. The van der Waals surface area contributed by atoms with Crippen LogP contribution in [-0.2, 0) is 21.1 Å². The fourth-order valence-electron chi connectivity index (χ4n) is 2.73. The fourth-order valence-corrected chi connectivity index (χ4v) is 4.32. The molecule has 0 aliphatic carbocycles. The van der Waals surface area contributed by atoms with Crippen molar-refractivity contribution in [1.82, 2.24) is 10.6 Å². The number of hydrogen-bond donors (Lipinski definition) is 2. The SMILES string of the molecule is C[C@@H](CNC(=O)CSCc1cccc([N+](=O)[O-])c1)NC(=O)CSCc1cccc([N+](=O)[O-])c1. The average Bonchev–Trinajstić information content (AvgIpc) is 2.78. The second-order valence-corrected chi connectivity index (χ2v) is 9.08. The molecule has 176 valence electrons. The van der Waals surface area contributed by atoms with E-state index in [1.807, 2.05) is 0 Å². The van der Waals surface area contributed by atoms with Crippen LogP contribution in [0.2, 0.25) is 0 Å². The molecule has 0 spiro atoms. The highest BCUT2D eigenvalue weighted by molar-refractivity contribution is 7.99. The van der Waals surface area contributed by atoms with E-state index >= 15 is 0 Å². The van der Waals surface area contributed by atoms with Crippen LogP contribution in [0.25, 0.3) is 0 Å². The molecule has 0 aromatic heterocycles. The van der Waals surface area contributed by atoms with Crippen molar-refractivity contribution in [2.75, 3.05) is 18.1 Å². The van der Waals surface area contributed by atoms with Gasteiger partial charge >= 0.3 is 0 Å². The Hall–Kier alpha value is -3.12. The number of carbonyl (C=O) groups is 2. The molecule has 33 heavy (non-hydrogen) atoms. The smallest absolute Gasteiger partial charge is 0.269 e. The second kappa shape index (κ2) is 13.4. The van der Waals surface area contributed by atoms with Crippen molar-refractivity contribution in [3.63, 3.8) is 0 Å². The Kier molecular flexibility index (Phi) is 10.6. The third-order valence-corrected chi connectivity index (χ3v) is 6.27. The number of nitro benzene ring substituents is 2. The van der Waals surface area contributed by atoms with E-state index in [1.54, 1.807) is 31.2 Å². The van der Waals surface area contributed by atoms with E-state index in [4.69, 9.17) is 0 Å². The molecule has 0 aliphatic heterocycles. The van der Waals surface area contributed by atoms with Crippen molar-refractivity contribution in [1.29, 1.82) is 0 Å². The van der Waals surface area contributed by atoms with Crippen molar-refractivity contribution in [3.8, 4) is 0 Å². The zero-order valence-electron chi connectivity index (χ0n) is 17.9. The van der Waals surface area contributed by atoms with Gasteiger partial charge in [0.05, 0.1) is 21.4 Å². The van der Waals surface area contributed by atoms with Gasteiger partial charge in [-0.3, -0.25) is 29.8 Å². The largest absolute Gasteiger partial charge is 0.353 e. The predicted molar refractivity (Wildman–Crippen MR) is 129 cm³/mol. The van der Waals surface area contributed by atoms with Gasteiger partial charge in [0, 0.05) is 48.4 Å². The number of benzene rings is 2. The van der Waals surface area contributed by atoms with Crippen molar-refractivity contribution in [2.24, 2.45) is 0 Å². The highest BCUT2D eigenvalue weighted by Crippen LogP contribution is 2.19. The standard InChI is InChI=1S/C21H24N4O6S2/c1-15(23-21(27)14-33-12-17-5-3-7-19(9-17)25(30)31)10-22-20(26)13-32-11-16-4-2-6-18(8-16)24(28)29/h2-9,15H,10-14H2,1H3,(H,22,26)(H,23,27)/t15-/m0/s1. The molecule has 0 saturated heterocycles. The summed E-state index contributed by atoms with van der Waals surface area (Å²) in [5.41, 5.74) is 1.57. The van der Waals surface area contributed by atoms with Gasteiger partial charge in [-0.15, -0.1) is 23.5 Å². The van der Waals surface area contributed by atoms with E-state index in [0.29, 0.717) is 11.5 Å². The Morgan fingerprint density at radius 1 is 0.879 bits per heavy atom. The number of nitrogens with one attached hydrogen (secondary N) is 2. The first-order valence-electron chi connectivity index (χ1n) is 9.93. The topological polar surface area (TPSA) is 144 Å². The molecule has 2 aromatic carbocycles. The zero-order valence-corrected chi connectivity index (χ0v) is 19.5. The summed E-state index contributed by atoms with van der Waals surface area (Å²) in [5, 5.41) is 27.1. The van der Waals surface area contributed by atoms with Gasteiger partial charge in [0.2, 0.25) is 11.8 Å². The number of rotatable bonds is 13. The van der Waals surface area contributed by atoms with Gasteiger partial charge in [-0.2, -0.15) is 0 Å². The molecule has 0 aliphatic rings. The van der Waals surface area contributed by atoms with Gasteiger partial charge in [-0.05, 0) is 18.1 Å². The maximum Gasteiger partial charge on any atom is 0.269 e. The van der Waals surface area contributed by atoms with Crippen LogP contribution in [0.5, 0.6) is 0 Å². The quantitative estimate of drug-likeness (QED) is 0.320. The number of amides is 2. The van der Waals surface area contributed by atoms with E-state index < -0.39 is 9.85 Å². The zero-order chi connectivity index (χ0) is 24.2. The van der Waals surface area contributed by atoms with Crippen molar-refractivity contribution >= 4 is 46.7 Å². The number of hydrogen-bond acceptors (Lipinski definition) is 8. The molecule has 0 bridgehead atoms. The van der Waals surface area contributed by atoms with Crippen LogP contribution in [0.15, 0.2) is 48.5 Å². The minimum absolute atomic E-state index is 0.0187. The molecule has 2 amide bonds.